The van der Waals surface area contributed by atoms with Crippen LogP contribution in [-0.2, 0) is 16.0 Å². The first-order valence-electron chi connectivity index (χ1n) is 11.0. The molecule has 0 bridgehead atoms. The van der Waals surface area contributed by atoms with Gasteiger partial charge in [0.25, 0.3) is 0 Å². The van der Waals surface area contributed by atoms with Gasteiger partial charge in [0.05, 0.1) is 6.04 Å². The van der Waals surface area contributed by atoms with Crippen molar-refractivity contribution < 1.29 is 18.4 Å². The molecular formula is C24H26F2N4O2. The number of aryl methyl sites for hydroxylation is 1. The summed E-state index contributed by atoms with van der Waals surface area (Å²) in [6.07, 6.45) is 1.19. The van der Waals surface area contributed by atoms with Crippen LogP contribution < -0.4 is 15.5 Å². The van der Waals surface area contributed by atoms with Crippen molar-refractivity contribution in [1.82, 2.24) is 4.90 Å². The number of nitrogens with one attached hydrogen (secondary N) is 2. The van der Waals surface area contributed by atoms with Gasteiger partial charge in [-0.05, 0) is 43.2 Å². The molecule has 2 aromatic rings. The maximum Gasteiger partial charge on any atom is 0.247 e. The predicted molar refractivity (Wildman–Crippen MR) is 119 cm³/mol. The lowest BCUT2D eigenvalue weighted by molar-refractivity contribution is -0.129. The number of amides is 2. The first-order valence-corrected chi connectivity index (χ1v) is 11.0. The molecule has 0 aliphatic carbocycles. The van der Waals surface area contributed by atoms with Gasteiger partial charge in [0, 0.05) is 61.5 Å². The Labute approximate surface area is 185 Å². The van der Waals surface area contributed by atoms with E-state index in [1.807, 2.05) is 11.8 Å². The Hall–Kier alpha value is -3.16. The van der Waals surface area contributed by atoms with E-state index >= 15 is 0 Å². The Balaban J connectivity index is 1.30. The Morgan fingerprint density at radius 2 is 1.97 bits per heavy atom. The molecule has 2 amide bonds. The highest BCUT2D eigenvalue weighted by Crippen LogP contribution is 2.36. The number of fused-ring (bicyclic) bond motifs is 2. The largest absolute Gasteiger partial charge is 0.373 e. The van der Waals surface area contributed by atoms with Crippen molar-refractivity contribution in [2.24, 2.45) is 5.92 Å². The molecule has 3 aliphatic heterocycles. The fourth-order valence-corrected chi connectivity index (χ4v) is 5.35. The van der Waals surface area contributed by atoms with Gasteiger partial charge in [-0.1, -0.05) is 6.07 Å². The predicted octanol–water partition coefficient (Wildman–Crippen LogP) is 3.31. The maximum atomic E-state index is 14.4. The Bertz CT molecular complexity index is 1070. The highest BCUT2D eigenvalue weighted by molar-refractivity contribution is 5.98. The van der Waals surface area contributed by atoms with Gasteiger partial charge < -0.3 is 20.4 Å². The molecule has 8 heteroatoms. The lowest BCUT2D eigenvalue weighted by atomic mass is 10.1. The van der Waals surface area contributed by atoms with Crippen LogP contribution in [0.5, 0.6) is 0 Å². The summed E-state index contributed by atoms with van der Waals surface area (Å²) in [5.74, 6) is -0.663. The summed E-state index contributed by atoms with van der Waals surface area (Å²) in [6, 6.07) is 7.11. The van der Waals surface area contributed by atoms with Gasteiger partial charge in [-0.15, -0.1) is 0 Å². The lowest BCUT2D eigenvalue weighted by Gasteiger charge is -2.25. The molecule has 0 aromatic heterocycles. The van der Waals surface area contributed by atoms with E-state index in [1.165, 1.54) is 18.2 Å². The summed E-state index contributed by atoms with van der Waals surface area (Å²) in [7, 11) is 0. The zero-order valence-electron chi connectivity index (χ0n) is 18.1. The summed E-state index contributed by atoms with van der Waals surface area (Å²) in [5.41, 5.74) is 3.08. The normalized spacial score (nSPS) is 23.7. The fraction of sp³-hybridized carbons (Fsp3) is 0.417. The number of carbonyl (C=O) groups is 2. The van der Waals surface area contributed by atoms with Gasteiger partial charge in [0.1, 0.15) is 17.7 Å². The summed E-state index contributed by atoms with van der Waals surface area (Å²) < 4.78 is 28.6. The van der Waals surface area contributed by atoms with E-state index < -0.39 is 11.9 Å². The molecule has 168 valence electrons. The number of likely N-dealkylation sites (tertiary alicyclic amines) is 1. The van der Waals surface area contributed by atoms with Crippen LogP contribution in [0, 0.1) is 24.5 Å². The number of rotatable bonds is 3. The topological polar surface area (TPSA) is 64.7 Å². The molecule has 0 saturated carbocycles. The molecular weight excluding hydrogens is 414 g/mol. The molecule has 0 spiro atoms. The zero-order chi connectivity index (χ0) is 22.6. The molecule has 3 atom stereocenters. The van der Waals surface area contributed by atoms with Crippen molar-refractivity contribution in [3.63, 3.8) is 0 Å². The molecule has 3 heterocycles. The second-order valence-electron chi connectivity index (χ2n) is 9.04. The van der Waals surface area contributed by atoms with Gasteiger partial charge >= 0.3 is 0 Å². The first kappa shape index (κ1) is 20.7. The van der Waals surface area contributed by atoms with Crippen LogP contribution in [0.1, 0.15) is 24.5 Å². The number of hydrogen-bond acceptors (Lipinski definition) is 4. The van der Waals surface area contributed by atoms with E-state index in [4.69, 9.17) is 0 Å². The second kappa shape index (κ2) is 7.76. The molecule has 3 aliphatic rings. The quantitative estimate of drug-likeness (QED) is 0.769. The average Bonchev–Trinajstić information content (AvgIpc) is 3.44. The molecule has 6 nitrogen and oxygen atoms in total. The second-order valence-corrected chi connectivity index (χ2v) is 9.04. The molecule has 2 N–H and O–H groups in total. The molecule has 2 aromatic carbocycles. The highest BCUT2D eigenvalue weighted by atomic mass is 19.1. The lowest BCUT2D eigenvalue weighted by Crippen LogP contribution is -2.38. The Morgan fingerprint density at radius 1 is 1.16 bits per heavy atom. The monoisotopic (exact) mass is 440 g/mol. The van der Waals surface area contributed by atoms with Crippen LogP contribution in [0.4, 0.5) is 25.8 Å². The van der Waals surface area contributed by atoms with Gasteiger partial charge in [0.2, 0.25) is 11.8 Å². The zero-order valence-corrected chi connectivity index (χ0v) is 18.1. The van der Waals surface area contributed by atoms with E-state index in [9.17, 15) is 18.4 Å². The van der Waals surface area contributed by atoms with E-state index in [0.29, 0.717) is 35.1 Å². The third-order valence-electron chi connectivity index (χ3n) is 6.97. The summed E-state index contributed by atoms with van der Waals surface area (Å²) >= 11 is 0. The number of benzene rings is 2. The Morgan fingerprint density at radius 3 is 2.72 bits per heavy atom. The van der Waals surface area contributed by atoms with Crippen molar-refractivity contribution in [1.29, 1.82) is 0 Å². The number of hydrogen-bond donors (Lipinski definition) is 2. The molecule has 2 fully saturated rings. The number of carbonyl (C=O) groups excluding carboxylic acids is 2. The van der Waals surface area contributed by atoms with Gasteiger partial charge in [-0.2, -0.15) is 0 Å². The van der Waals surface area contributed by atoms with Crippen LogP contribution in [0.2, 0.25) is 0 Å². The van der Waals surface area contributed by atoms with Crippen molar-refractivity contribution in [3.8, 4) is 0 Å². The summed E-state index contributed by atoms with van der Waals surface area (Å²) in [5, 5.41) is 5.88. The Kier molecular flexibility index (Phi) is 5.03. The molecule has 2 saturated heterocycles. The summed E-state index contributed by atoms with van der Waals surface area (Å²) in [4.78, 5) is 28.7. The van der Waals surface area contributed by atoms with Gasteiger partial charge in [-0.25, -0.2) is 8.78 Å². The molecule has 5 rings (SSSR count). The van der Waals surface area contributed by atoms with Crippen molar-refractivity contribution in [3.05, 3.63) is 53.1 Å². The number of anilines is 3. The smallest absolute Gasteiger partial charge is 0.247 e. The fourth-order valence-electron chi connectivity index (χ4n) is 5.35. The third-order valence-corrected chi connectivity index (χ3v) is 6.97. The molecule has 32 heavy (non-hydrogen) atoms. The highest BCUT2D eigenvalue weighted by Gasteiger charge is 2.42. The first-order chi connectivity index (χ1) is 15.3. The number of nitrogens with zero attached hydrogens (tertiary/aromatic N) is 2. The standard InChI is InChI=1S/C24H26F2N4O2/c1-13-3-4-20(26)19-10-21(28-23(13)19)24(32)27-17-7-16(25)8-18(9-17)29-11-15-5-6-30(14(2)31)22(15)12-29/h3-4,7-9,15,21-22,28H,5-6,10-12H2,1-2H3,(H,27,32)/t15-,21?,22-/m0/s1. The third kappa shape index (κ3) is 3.57. The number of halogens is 2. The van der Waals surface area contributed by atoms with Crippen LogP contribution in [0.3, 0.4) is 0 Å². The van der Waals surface area contributed by atoms with Gasteiger partial charge in [-0.3, -0.25) is 9.59 Å². The van der Waals surface area contributed by atoms with E-state index in [1.54, 1.807) is 19.1 Å². The molecule has 1 unspecified atom stereocenters. The van der Waals surface area contributed by atoms with Crippen LogP contribution in [0.15, 0.2) is 30.3 Å². The molecule has 0 radical (unpaired) electrons. The van der Waals surface area contributed by atoms with Crippen molar-refractivity contribution in [2.75, 3.05) is 35.2 Å². The minimum atomic E-state index is -0.623. The van der Waals surface area contributed by atoms with Crippen LogP contribution >= 0.6 is 0 Å². The minimum absolute atomic E-state index is 0.0725. The van der Waals surface area contributed by atoms with E-state index in [2.05, 4.69) is 15.5 Å². The van der Waals surface area contributed by atoms with Crippen molar-refractivity contribution >= 4 is 28.9 Å². The SMILES string of the molecule is CC(=O)N1CC[C@H]2CN(c3cc(F)cc(NC(=O)C4Cc5c(F)ccc(C)c5N4)c3)C[C@@H]21. The van der Waals surface area contributed by atoms with Crippen molar-refractivity contribution in [2.45, 2.75) is 38.8 Å². The van der Waals surface area contributed by atoms with E-state index in [0.717, 1.165) is 25.1 Å². The van der Waals surface area contributed by atoms with Gasteiger partial charge in [0.15, 0.2) is 0 Å². The van der Waals surface area contributed by atoms with Crippen LogP contribution in [-0.4, -0.2) is 48.4 Å². The minimum Gasteiger partial charge on any atom is -0.373 e. The van der Waals surface area contributed by atoms with Crippen LogP contribution in [0.25, 0.3) is 0 Å². The van der Waals surface area contributed by atoms with E-state index in [-0.39, 0.29) is 30.1 Å². The maximum absolute atomic E-state index is 14.4. The summed E-state index contributed by atoms with van der Waals surface area (Å²) in [6.45, 7) is 5.63. The average molecular weight is 440 g/mol.